The van der Waals surface area contributed by atoms with Gasteiger partial charge in [-0.25, -0.2) is 9.78 Å². The Labute approximate surface area is 207 Å². The van der Waals surface area contributed by atoms with Gasteiger partial charge in [0.1, 0.15) is 17.7 Å². The van der Waals surface area contributed by atoms with Gasteiger partial charge in [0.15, 0.2) is 11.5 Å². The third kappa shape index (κ3) is 4.49. The molecule has 0 unspecified atom stereocenters. The molecule has 0 bridgehead atoms. The van der Waals surface area contributed by atoms with Gasteiger partial charge >= 0.3 is 6.09 Å². The Morgan fingerprint density at radius 1 is 1.00 bits per heavy atom. The molecule has 5 rings (SSSR count). The molecule has 10 nitrogen and oxygen atoms in total. The number of benzene rings is 1. The Bertz CT molecular complexity index is 1440. The zero-order chi connectivity index (χ0) is 25.2. The predicted molar refractivity (Wildman–Crippen MR) is 136 cm³/mol. The number of ether oxygens (including phenoxy) is 3. The number of nitrogens with one attached hydrogen (secondary N) is 1. The van der Waals surface area contributed by atoms with Crippen molar-refractivity contribution < 1.29 is 24.1 Å². The van der Waals surface area contributed by atoms with Gasteiger partial charge in [0.05, 0.1) is 37.7 Å². The minimum Gasteiger partial charge on any atom is -0.493 e. The number of fused-ring (bicyclic) bond motifs is 3. The quantitative estimate of drug-likeness (QED) is 0.336. The molecule has 1 aromatic carbocycles. The summed E-state index contributed by atoms with van der Waals surface area (Å²) in [6.45, 7) is 0. The Kier molecular flexibility index (Phi) is 6.32. The van der Waals surface area contributed by atoms with Crippen molar-refractivity contribution in [2.45, 2.75) is 37.8 Å². The van der Waals surface area contributed by atoms with E-state index in [1.54, 1.807) is 32.8 Å². The van der Waals surface area contributed by atoms with Crippen molar-refractivity contribution in [2.24, 2.45) is 0 Å². The van der Waals surface area contributed by atoms with Crippen molar-refractivity contribution in [2.75, 3.05) is 20.0 Å². The Hall–Kier alpha value is -4.34. The summed E-state index contributed by atoms with van der Waals surface area (Å²) in [4.78, 5) is 24.7. The topological polar surface area (TPSA) is 142 Å². The smallest absolute Gasteiger partial charge is 0.405 e. The van der Waals surface area contributed by atoms with Crippen LogP contribution in [0, 0.1) is 0 Å². The summed E-state index contributed by atoms with van der Waals surface area (Å²) < 4.78 is 17.1. The maximum atomic E-state index is 11.2. The number of pyridine rings is 3. The van der Waals surface area contributed by atoms with Gasteiger partial charge in [-0.15, -0.1) is 0 Å². The van der Waals surface area contributed by atoms with Gasteiger partial charge in [0.25, 0.3) is 0 Å². The van der Waals surface area contributed by atoms with E-state index < -0.39 is 6.09 Å². The lowest BCUT2D eigenvalue weighted by atomic mass is 9.92. The lowest BCUT2D eigenvalue weighted by Gasteiger charge is -2.31. The second-order valence-electron chi connectivity index (χ2n) is 8.74. The van der Waals surface area contributed by atoms with Gasteiger partial charge in [0.2, 0.25) is 0 Å². The second-order valence-corrected chi connectivity index (χ2v) is 8.74. The number of carboxylic acid groups (broad SMARTS) is 1. The zero-order valence-corrected chi connectivity index (χ0v) is 20.0. The number of amides is 1. The monoisotopic (exact) mass is 489 g/mol. The molecule has 1 fully saturated rings. The van der Waals surface area contributed by atoms with Crippen molar-refractivity contribution >= 4 is 33.6 Å². The maximum Gasteiger partial charge on any atom is 0.405 e. The van der Waals surface area contributed by atoms with E-state index in [1.807, 2.05) is 24.3 Å². The van der Waals surface area contributed by atoms with Crippen LogP contribution in [0.15, 0.2) is 42.9 Å². The van der Waals surface area contributed by atoms with Crippen molar-refractivity contribution in [1.82, 2.24) is 20.3 Å². The number of anilines is 1. The zero-order valence-electron chi connectivity index (χ0n) is 20.0. The van der Waals surface area contributed by atoms with E-state index in [2.05, 4.69) is 20.3 Å². The van der Waals surface area contributed by atoms with E-state index in [0.717, 1.165) is 52.9 Å². The normalized spacial score (nSPS) is 17.6. The molecule has 1 aliphatic rings. The van der Waals surface area contributed by atoms with Crippen LogP contribution in [-0.2, 0) is 0 Å². The molecule has 186 valence electrons. The molecule has 4 aromatic rings. The van der Waals surface area contributed by atoms with Gasteiger partial charge < -0.3 is 30.4 Å². The highest BCUT2D eigenvalue weighted by molar-refractivity contribution is 6.10. The standard InChI is InChI=1S/C26H27N5O5/c1-34-23-9-17-16-8-20(30-25(27)18(16)13-29-21(17)10-24(23)35-2)14-7-15(12-28-11-14)36-22-6-4-3-5-19(22)31-26(32)33/h7-13,19,22,31H,3-6H2,1-2H3,(H2,27,30)(H,32,33)/t19-,22+/m0/s1. The van der Waals surface area contributed by atoms with Gasteiger partial charge in [-0.3, -0.25) is 9.97 Å². The number of methoxy groups -OCH3 is 2. The van der Waals surface area contributed by atoms with Crippen molar-refractivity contribution in [3.63, 3.8) is 0 Å². The molecule has 3 aromatic heterocycles. The summed E-state index contributed by atoms with van der Waals surface area (Å²) in [5.74, 6) is 2.07. The highest BCUT2D eigenvalue weighted by atomic mass is 16.5. The first-order chi connectivity index (χ1) is 17.5. The first-order valence-corrected chi connectivity index (χ1v) is 11.7. The molecule has 36 heavy (non-hydrogen) atoms. The van der Waals surface area contributed by atoms with Crippen LogP contribution >= 0.6 is 0 Å². The summed E-state index contributed by atoms with van der Waals surface area (Å²) in [6.07, 6.45) is 7.15. The summed E-state index contributed by atoms with van der Waals surface area (Å²) in [5, 5.41) is 14.2. The highest BCUT2D eigenvalue weighted by Gasteiger charge is 2.28. The third-order valence-electron chi connectivity index (χ3n) is 6.52. The van der Waals surface area contributed by atoms with E-state index >= 15 is 0 Å². The van der Waals surface area contributed by atoms with Crippen molar-refractivity contribution in [3.05, 3.63) is 42.9 Å². The lowest BCUT2D eigenvalue weighted by Crippen LogP contribution is -2.47. The van der Waals surface area contributed by atoms with Crippen LogP contribution in [0.1, 0.15) is 25.7 Å². The highest BCUT2D eigenvalue weighted by Crippen LogP contribution is 2.37. The SMILES string of the molecule is COc1cc2ncc3c(N)nc(-c4cncc(O[C@@H]5CCCC[C@@H]5NC(=O)O)c4)cc3c2cc1OC. The van der Waals surface area contributed by atoms with E-state index in [9.17, 15) is 9.90 Å². The Balaban J connectivity index is 1.54. The average Bonchev–Trinajstić information content (AvgIpc) is 2.88. The van der Waals surface area contributed by atoms with Crippen LogP contribution in [0.4, 0.5) is 10.6 Å². The molecule has 10 heteroatoms. The number of carbonyl (C=O) groups is 1. The number of hydrogen-bond acceptors (Lipinski definition) is 8. The fourth-order valence-electron chi connectivity index (χ4n) is 4.77. The van der Waals surface area contributed by atoms with Crippen LogP contribution in [0.5, 0.6) is 17.2 Å². The van der Waals surface area contributed by atoms with Gasteiger partial charge in [-0.1, -0.05) is 6.42 Å². The molecular formula is C26H27N5O5. The van der Waals surface area contributed by atoms with Gasteiger partial charge in [-0.2, -0.15) is 0 Å². The number of nitrogens with two attached hydrogens (primary N) is 1. The lowest BCUT2D eigenvalue weighted by molar-refractivity contribution is 0.108. The first-order valence-electron chi connectivity index (χ1n) is 11.7. The molecule has 0 radical (unpaired) electrons. The number of hydrogen-bond donors (Lipinski definition) is 3. The van der Waals surface area contributed by atoms with Gasteiger partial charge in [-0.05, 0) is 42.8 Å². The molecule has 0 saturated heterocycles. The molecule has 0 spiro atoms. The predicted octanol–water partition coefficient (Wildman–Crippen LogP) is 4.40. The number of rotatable bonds is 6. The Morgan fingerprint density at radius 2 is 1.78 bits per heavy atom. The molecule has 4 N–H and O–H groups in total. The van der Waals surface area contributed by atoms with E-state index in [0.29, 0.717) is 28.8 Å². The van der Waals surface area contributed by atoms with Crippen LogP contribution in [0.3, 0.4) is 0 Å². The fraction of sp³-hybridized carbons (Fsp3) is 0.308. The first kappa shape index (κ1) is 23.4. The van der Waals surface area contributed by atoms with Crippen LogP contribution in [0.25, 0.3) is 32.9 Å². The molecule has 2 atom stereocenters. The average molecular weight is 490 g/mol. The van der Waals surface area contributed by atoms with E-state index in [-0.39, 0.29) is 12.1 Å². The van der Waals surface area contributed by atoms with Crippen molar-refractivity contribution in [3.8, 4) is 28.5 Å². The van der Waals surface area contributed by atoms with E-state index in [1.165, 1.54) is 0 Å². The summed E-state index contributed by atoms with van der Waals surface area (Å²) in [5.41, 5.74) is 8.43. The number of aromatic nitrogens is 3. The van der Waals surface area contributed by atoms with Crippen LogP contribution in [-0.4, -0.2) is 52.5 Å². The van der Waals surface area contributed by atoms with Crippen LogP contribution in [0.2, 0.25) is 0 Å². The molecule has 1 saturated carbocycles. The van der Waals surface area contributed by atoms with E-state index in [4.69, 9.17) is 19.9 Å². The number of nitrogens with zero attached hydrogens (tertiary/aromatic N) is 3. The van der Waals surface area contributed by atoms with Crippen LogP contribution < -0.4 is 25.3 Å². The number of nitrogen functional groups attached to an aromatic ring is 1. The molecule has 1 amide bonds. The minimum absolute atomic E-state index is 0.264. The van der Waals surface area contributed by atoms with Gasteiger partial charge in [0, 0.05) is 34.8 Å². The summed E-state index contributed by atoms with van der Waals surface area (Å²) in [6, 6.07) is 7.23. The van der Waals surface area contributed by atoms with Crippen molar-refractivity contribution in [1.29, 1.82) is 0 Å². The molecule has 3 heterocycles. The summed E-state index contributed by atoms with van der Waals surface area (Å²) >= 11 is 0. The largest absolute Gasteiger partial charge is 0.493 e. The summed E-state index contributed by atoms with van der Waals surface area (Å²) in [7, 11) is 3.17. The molecule has 1 aliphatic carbocycles. The second kappa shape index (κ2) is 9.73. The maximum absolute atomic E-state index is 11.2. The molecule has 0 aliphatic heterocycles. The fourth-order valence-corrected chi connectivity index (χ4v) is 4.77. The minimum atomic E-state index is -1.05. The molecular weight excluding hydrogens is 462 g/mol. The third-order valence-corrected chi connectivity index (χ3v) is 6.52. The Morgan fingerprint density at radius 3 is 2.56 bits per heavy atom.